The van der Waals surface area contributed by atoms with Gasteiger partial charge in [-0.05, 0) is 42.8 Å². The summed E-state index contributed by atoms with van der Waals surface area (Å²) in [6.07, 6.45) is 3.71. The van der Waals surface area contributed by atoms with E-state index in [2.05, 4.69) is 4.98 Å². The summed E-state index contributed by atoms with van der Waals surface area (Å²) in [6, 6.07) is 22.1. The Morgan fingerprint density at radius 2 is 1.59 bits per heavy atom. The predicted molar refractivity (Wildman–Crippen MR) is 109 cm³/mol. The summed E-state index contributed by atoms with van der Waals surface area (Å²) in [6.45, 7) is 2.04. The number of para-hydroxylation sites is 3. The summed E-state index contributed by atoms with van der Waals surface area (Å²) in [5, 5.41) is 10.8. The van der Waals surface area contributed by atoms with Gasteiger partial charge < -0.3 is 5.11 Å². The second-order valence-corrected chi connectivity index (χ2v) is 6.36. The number of benzene rings is 3. The minimum Gasteiger partial charge on any atom is -0.506 e. The SMILES string of the molecule is Cc1ccc(C=Cc2nc3ccccc3c(=O)n2-c2ccccc2O)cc1. The molecule has 1 aromatic heterocycles. The number of rotatable bonds is 3. The minimum absolute atomic E-state index is 0.0293. The highest BCUT2D eigenvalue weighted by Gasteiger charge is 2.13. The van der Waals surface area contributed by atoms with Crippen LogP contribution in [0.25, 0.3) is 28.7 Å². The van der Waals surface area contributed by atoms with Crippen molar-refractivity contribution in [1.29, 1.82) is 0 Å². The van der Waals surface area contributed by atoms with Crippen molar-refractivity contribution in [1.82, 2.24) is 9.55 Å². The van der Waals surface area contributed by atoms with Crippen LogP contribution in [0.15, 0.2) is 77.6 Å². The van der Waals surface area contributed by atoms with Crippen LogP contribution in [0.3, 0.4) is 0 Å². The molecule has 0 unspecified atom stereocenters. The van der Waals surface area contributed by atoms with Crippen LogP contribution in [0.4, 0.5) is 0 Å². The molecule has 0 fully saturated rings. The fraction of sp³-hybridized carbons (Fsp3) is 0.0435. The van der Waals surface area contributed by atoms with Gasteiger partial charge in [0.05, 0.1) is 16.6 Å². The Hall–Kier alpha value is -3.66. The van der Waals surface area contributed by atoms with E-state index >= 15 is 0 Å². The van der Waals surface area contributed by atoms with Crippen LogP contribution in [0.5, 0.6) is 5.75 Å². The number of aryl methyl sites for hydroxylation is 1. The summed E-state index contributed by atoms with van der Waals surface area (Å²) in [5.41, 5.74) is 3.00. The van der Waals surface area contributed by atoms with Gasteiger partial charge in [-0.2, -0.15) is 0 Å². The van der Waals surface area contributed by atoms with E-state index in [0.717, 1.165) is 5.56 Å². The first-order chi connectivity index (χ1) is 13.1. The molecule has 0 atom stereocenters. The molecule has 0 saturated carbocycles. The number of phenols is 1. The second-order valence-electron chi connectivity index (χ2n) is 6.36. The molecule has 0 bridgehead atoms. The summed E-state index contributed by atoms with van der Waals surface area (Å²) in [7, 11) is 0. The van der Waals surface area contributed by atoms with Crippen LogP contribution in [0, 0.1) is 6.92 Å². The van der Waals surface area contributed by atoms with E-state index in [1.807, 2.05) is 55.5 Å². The molecule has 4 rings (SSSR count). The molecule has 4 aromatic rings. The third kappa shape index (κ3) is 3.25. The second kappa shape index (κ2) is 6.92. The van der Waals surface area contributed by atoms with Gasteiger partial charge >= 0.3 is 0 Å². The molecule has 0 aliphatic carbocycles. The Balaban J connectivity index is 1.95. The van der Waals surface area contributed by atoms with E-state index in [-0.39, 0.29) is 11.3 Å². The number of nitrogens with zero attached hydrogens (tertiary/aromatic N) is 2. The first-order valence-electron chi connectivity index (χ1n) is 8.68. The first kappa shape index (κ1) is 16.8. The third-order valence-electron chi connectivity index (χ3n) is 4.43. The molecule has 132 valence electrons. The van der Waals surface area contributed by atoms with Gasteiger partial charge in [-0.25, -0.2) is 4.98 Å². The zero-order chi connectivity index (χ0) is 18.8. The highest BCUT2D eigenvalue weighted by molar-refractivity contribution is 5.80. The zero-order valence-electron chi connectivity index (χ0n) is 14.8. The highest BCUT2D eigenvalue weighted by atomic mass is 16.3. The van der Waals surface area contributed by atoms with E-state index in [1.165, 1.54) is 10.1 Å². The normalized spacial score (nSPS) is 11.3. The summed E-state index contributed by atoms with van der Waals surface area (Å²) < 4.78 is 1.45. The molecule has 0 aliphatic rings. The van der Waals surface area contributed by atoms with Gasteiger partial charge in [0.2, 0.25) is 0 Å². The highest BCUT2D eigenvalue weighted by Crippen LogP contribution is 2.22. The topological polar surface area (TPSA) is 55.1 Å². The largest absolute Gasteiger partial charge is 0.506 e. The van der Waals surface area contributed by atoms with E-state index < -0.39 is 0 Å². The molecule has 1 heterocycles. The Bertz CT molecular complexity index is 1210. The van der Waals surface area contributed by atoms with Crippen LogP contribution < -0.4 is 5.56 Å². The number of hydrogen-bond donors (Lipinski definition) is 1. The van der Waals surface area contributed by atoms with Crippen molar-refractivity contribution >= 4 is 23.1 Å². The Labute approximate surface area is 156 Å². The van der Waals surface area contributed by atoms with Gasteiger partial charge in [0.1, 0.15) is 11.6 Å². The third-order valence-corrected chi connectivity index (χ3v) is 4.43. The molecule has 4 nitrogen and oxygen atoms in total. The summed E-state index contributed by atoms with van der Waals surface area (Å²) >= 11 is 0. The van der Waals surface area contributed by atoms with Gasteiger partial charge in [0, 0.05) is 0 Å². The monoisotopic (exact) mass is 354 g/mol. The van der Waals surface area contributed by atoms with Crippen LogP contribution in [-0.2, 0) is 0 Å². The van der Waals surface area contributed by atoms with Crippen molar-refractivity contribution in [3.05, 3.63) is 100 Å². The lowest BCUT2D eigenvalue weighted by atomic mass is 10.1. The fourth-order valence-electron chi connectivity index (χ4n) is 3.00. The van der Waals surface area contributed by atoms with Crippen LogP contribution in [0.1, 0.15) is 17.0 Å². The number of aromatic hydroxyl groups is 1. The maximum atomic E-state index is 13.1. The van der Waals surface area contributed by atoms with E-state index in [1.54, 1.807) is 36.4 Å². The average molecular weight is 354 g/mol. The lowest BCUT2D eigenvalue weighted by Crippen LogP contribution is -2.22. The van der Waals surface area contributed by atoms with E-state index in [0.29, 0.717) is 22.4 Å². The van der Waals surface area contributed by atoms with Crippen LogP contribution >= 0.6 is 0 Å². The van der Waals surface area contributed by atoms with Crippen molar-refractivity contribution < 1.29 is 5.11 Å². The lowest BCUT2D eigenvalue weighted by molar-refractivity contribution is 0.471. The maximum absolute atomic E-state index is 13.1. The molecule has 0 spiro atoms. The molecular weight excluding hydrogens is 336 g/mol. The smallest absolute Gasteiger partial charge is 0.266 e. The Morgan fingerprint density at radius 3 is 2.37 bits per heavy atom. The van der Waals surface area contributed by atoms with Gasteiger partial charge in [0.25, 0.3) is 5.56 Å². The fourth-order valence-corrected chi connectivity index (χ4v) is 3.00. The van der Waals surface area contributed by atoms with Gasteiger partial charge in [-0.1, -0.05) is 60.2 Å². The van der Waals surface area contributed by atoms with Crippen LogP contribution in [-0.4, -0.2) is 14.7 Å². The van der Waals surface area contributed by atoms with E-state index in [9.17, 15) is 9.90 Å². The molecule has 4 heteroatoms. The average Bonchev–Trinajstić information content (AvgIpc) is 2.69. The Morgan fingerprint density at radius 1 is 0.889 bits per heavy atom. The molecule has 0 amide bonds. The number of phenolic OH excluding ortho intramolecular Hbond substituents is 1. The van der Waals surface area contributed by atoms with Crippen molar-refractivity contribution in [2.75, 3.05) is 0 Å². The number of aromatic nitrogens is 2. The van der Waals surface area contributed by atoms with Crippen LogP contribution in [0.2, 0.25) is 0 Å². The minimum atomic E-state index is -0.217. The molecule has 0 saturated heterocycles. The van der Waals surface area contributed by atoms with Crippen molar-refractivity contribution in [3.8, 4) is 11.4 Å². The summed E-state index contributed by atoms with van der Waals surface area (Å²) in [4.78, 5) is 17.8. The van der Waals surface area contributed by atoms with Crippen molar-refractivity contribution in [2.45, 2.75) is 6.92 Å². The first-order valence-corrected chi connectivity index (χ1v) is 8.68. The molecule has 27 heavy (non-hydrogen) atoms. The summed E-state index contributed by atoms with van der Waals surface area (Å²) in [5.74, 6) is 0.488. The van der Waals surface area contributed by atoms with E-state index in [4.69, 9.17) is 0 Å². The number of hydrogen-bond acceptors (Lipinski definition) is 3. The Kier molecular flexibility index (Phi) is 4.30. The zero-order valence-corrected chi connectivity index (χ0v) is 14.8. The molecular formula is C23H18N2O2. The van der Waals surface area contributed by atoms with Crippen molar-refractivity contribution in [3.63, 3.8) is 0 Å². The number of fused-ring (bicyclic) bond motifs is 1. The van der Waals surface area contributed by atoms with Gasteiger partial charge in [-0.15, -0.1) is 0 Å². The lowest BCUT2D eigenvalue weighted by Gasteiger charge is -2.12. The van der Waals surface area contributed by atoms with Gasteiger partial charge in [0.15, 0.2) is 0 Å². The quantitative estimate of drug-likeness (QED) is 0.586. The standard InChI is InChI=1S/C23H18N2O2/c1-16-10-12-17(13-11-16)14-15-22-24-19-7-3-2-6-18(19)23(27)25(22)20-8-4-5-9-21(20)26/h2-15,26H,1H3. The molecule has 0 radical (unpaired) electrons. The maximum Gasteiger partial charge on any atom is 0.266 e. The molecule has 3 aromatic carbocycles. The van der Waals surface area contributed by atoms with Crippen molar-refractivity contribution in [2.24, 2.45) is 0 Å². The predicted octanol–water partition coefficient (Wildman–Crippen LogP) is 4.57. The van der Waals surface area contributed by atoms with Gasteiger partial charge in [-0.3, -0.25) is 9.36 Å². The molecule has 1 N–H and O–H groups in total. The molecule has 0 aliphatic heterocycles.